The molecule has 0 bridgehead atoms. The fourth-order valence-corrected chi connectivity index (χ4v) is 4.51. The molecule has 0 spiro atoms. The fraction of sp³-hybridized carbons (Fsp3) is 0.208. The van der Waals surface area contributed by atoms with Crippen LogP contribution in [0.25, 0.3) is 10.2 Å². The summed E-state index contributed by atoms with van der Waals surface area (Å²) >= 11 is 7.79. The number of aryl methyl sites for hydroxylation is 1. The summed E-state index contributed by atoms with van der Waals surface area (Å²) in [5.74, 6) is 1.42. The van der Waals surface area contributed by atoms with E-state index in [0.717, 1.165) is 26.5 Å². The van der Waals surface area contributed by atoms with Crippen LogP contribution in [-0.2, 0) is 13.2 Å². The highest BCUT2D eigenvalue weighted by atomic mass is 35.5. The largest absolute Gasteiger partial charge is 0.493 e. The Labute approximate surface area is 191 Å². The van der Waals surface area contributed by atoms with Crippen molar-refractivity contribution in [3.05, 3.63) is 83.5 Å². The molecule has 5 nitrogen and oxygen atoms in total. The zero-order valence-corrected chi connectivity index (χ0v) is 19.0. The first-order valence-corrected chi connectivity index (χ1v) is 11.1. The third-order valence-electron chi connectivity index (χ3n) is 5.03. The normalized spacial score (nSPS) is 11.0. The third kappa shape index (κ3) is 4.75. The molecule has 7 heteroatoms. The van der Waals surface area contributed by atoms with Crippen LogP contribution in [0.1, 0.15) is 16.7 Å². The second kappa shape index (κ2) is 9.54. The number of anilines is 1. The number of hydrogen-bond acceptors (Lipinski definition) is 6. The highest BCUT2D eigenvalue weighted by Gasteiger charge is 2.15. The van der Waals surface area contributed by atoms with Crippen molar-refractivity contribution in [2.24, 2.45) is 0 Å². The number of benzene rings is 2. The van der Waals surface area contributed by atoms with E-state index in [1.54, 1.807) is 30.8 Å². The second-order valence-electron chi connectivity index (χ2n) is 7.09. The molecule has 2 aromatic carbocycles. The number of hydrogen-bond donors (Lipinski definition) is 0. The third-order valence-corrected chi connectivity index (χ3v) is 6.36. The molecule has 0 atom stereocenters. The maximum absolute atomic E-state index is 6.24. The number of ether oxygens (including phenoxy) is 2. The van der Waals surface area contributed by atoms with Crippen molar-refractivity contribution < 1.29 is 9.47 Å². The van der Waals surface area contributed by atoms with E-state index in [0.29, 0.717) is 36.2 Å². The van der Waals surface area contributed by atoms with Crippen molar-refractivity contribution in [1.29, 1.82) is 0 Å². The highest BCUT2D eigenvalue weighted by Crippen LogP contribution is 2.34. The lowest BCUT2D eigenvalue weighted by Gasteiger charge is -2.20. The summed E-state index contributed by atoms with van der Waals surface area (Å²) < 4.78 is 12.6. The van der Waals surface area contributed by atoms with Gasteiger partial charge in [0.1, 0.15) is 12.1 Å². The van der Waals surface area contributed by atoms with Crippen molar-refractivity contribution >= 4 is 38.3 Å². The SMILES string of the molecule is [CH2]CN(Cc1ccc(OCc2ccccc2C)c(OC)c1)c1nc2c(Cl)cncc2s1. The zero-order valence-electron chi connectivity index (χ0n) is 17.5. The Morgan fingerprint density at radius 3 is 2.71 bits per heavy atom. The van der Waals surface area contributed by atoms with Crippen LogP contribution in [-0.4, -0.2) is 23.6 Å². The molecule has 0 N–H and O–H groups in total. The number of pyridine rings is 1. The molecular formula is C24H23ClN3O2S. The predicted octanol–water partition coefficient (Wildman–Crippen LogP) is 6.08. The van der Waals surface area contributed by atoms with Crippen LogP contribution in [0.3, 0.4) is 0 Å². The molecule has 159 valence electrons. The van der Waals surface area contributed by atoms with Crippen LogP contribution in [0.2, 0.25) is 5.02 Å². The van der Waals surface area contributed by atoms with E-state index in [1.807, 2.05) is 30.3 Å². The quantitative estimate of drug-likeness (QED) is 0.324. The van der Waals surface area contributed by atoms with Gasteiger partial charge in [-0.05, 0) is 42.7 Å². The Morgan fingerprint density at radius 2 is 1.97 bits per heavy atom. The Kier molecular flexibility index (Phi) is 6.59. The summed E-state index contributed by atoms with van der Waals surface area (Å²) in [7, 11) is 1.65. The lowest BCUT2D eigenvalue weighted by atomic mass is 10.1. The van der Waals surface area contributed by atoms with Gasteiger partial charge in [-0.25, -0.2) is 4.98 Å². The number of rotatable bonds is 8. The standard InChI is InChI=1S/C24H23ClN3O2S/c1-4-28(24-27-23-19(25)12-26-13-22(23)31-24)14-17-9-10-20(21(11-17)29-3)30-15-18-8-6-5-7-16(18)2/h5-13H,1,4,14-15H2,2-3H3. The first kappa shape index (κ1) is 21.4. The van der Waals surface area contributed by atoms with E-state index in [1.165, 1.54) is 5.56 Å². The minimum atomic E-state index is 0.494. The maximum Gasteiger partial charge on any atom is 0.186 e. The van der Waals surface area contributed by atoms with Gasteiger partial charge in [0, 0.05) is 25.5 Å². The van der Waals surface area contributed by atoms with Gasteiger partial charge >= 0.3 is 0 Å². The molecule has 0 aliphatic rings. The van der Waals surface area contributed by atoms with Crippen molar-refractivity contribution in [3.63, 3.8) is 0 Å². The van der Waals surface area contributed by atoms with Crippen LogP contribution >= 0.6 is 22.9 Å². The predicted molar refractivity (Wildman–Crippen MR) is 127 cm³/mol. The van der Waals surface area contributed by atoms with Crippen LogP contribution in [0.15, 0.2) is 54.9 Å². The molecule has 2 aromatic heterocycles. The smallest absolute Gasteiger partial charge is 0.186 e. The Bertz CT molecular complexity index is 1190. The highest BCUT2D eigenvalue weighted by molar-refractivity contribution is 7.22. The minimum Gasteiger partial charge on any atom is -0.493 e. The van der Waals surface area contributed by atoms with Crippen LogP contribution in [0.4, 0.5) is 5.13 Å². The zero-order chi connectivity index (χ0) is 21.8. The second-order valence-corrected chi connectivity index (χ2v) is 8.50. The molecule has 0 unspecified atom stereocenters. The lowest BCUT2D eigenvalue weighted by Crippen LogP contribution is -2.21. The molecule has 4 aromatic rings. The summed E-state index contributed by atoms with van der Waals surface area (Å²) in [6.07, 6.45) is 3.40. The average molecular weight is 453 g/mol. The molecular weight excluding hydrogens is 430 g/mol. The monoisotopic (exact) mass is 452 g/mol. The molecule has 0 aliphatic carbocycles. The fourth-order valence-electron chi connectivity index (χ4n) is 3.27. The van der Waals surface area contributed by atoms with E-state index in [2.05, 4.69) is 40.8 Å². The Hall–Kier alpha value is -2.83. The number of thiazole rings is 1. The molecule has 0 saturated carbocycles. The topological polar surface area (TPSA) is 47.5 Å². The summed E-state index contributed by atoms with van der Waals surface area (Å²) in [5, 5.41) is 1.42. The van der Waals surface area contributed by atoms with Crippen molar-refractivity contribution in [1.82, 2.24) is 9.97 Å². The van der Waals surface area contributed by atoms with E-state index in [4.69, 9.17) is 21.1 Å². The number of aromatic nitrogens is 2. The van der Waals surface area contributed by atoms with Crippen LogP contribution in [0.5, 0.6) is 11.5 Å². The molecule has 1 radical (unpaired) electrons. The van der Waals surface area contributed by atoms with E-state index >= 15 is 0 Å². The van der Waals surface area contributed by atoms with Gasteiger partial charge in [-0.3, -0.25) is 4.98 Å². The summed E-state index contributed by atoms with van der Waals surface area (Å²) in [6.45, 7) is 7.86. The van der Waals surface area contributed by atoms with E-state index < -0.39 is 0 Å². The number of nitrogens with zero attached hydrogens (tertiary/aromatic N) is 3. The molecule has 0 fully saturated rings. The molecule has 31 heavy (non-hydrogen) atoms. The molecule has 0 saturated heterocycles. The van der Waals surface area contributed by atoms with Gasteiger partial charge in [-0.1, -0.05) is 53.3 Å². The van der Waals surface area contributed by atoms with Crippen molar-refractivity contribution in [2.45, 2.75) is 20.1 Å². The van der Waals surface area contributed by atoms with Gasteiger partial charge in [0.15, 0.2) is 16.6 Å². The summed E-state index contributed by atoms with van der Waals surface area (Å²) in [6, 6.07) is 14.2. The summed E-state index contributed by atoms with van der Waals surface area (Å²) in [5.41, 5.74) is 4.20. The minimum absolute atomic E-state index is 0.494. The van der Waals surface area contributed by atoms with Crippen LogP contribution < -0.4 is 14.4 Å². The first-order valence-electron chi connectivity index (χ1n) is 9.87. The lowest BCUT2D eigenvalue weighted by molar-refractivity contribution is 0.283. The number of fused-ring (bicyclic) bond motifs is 1. The molecule has 2 heterocycles. The van der Waals surface area contributed by atoms with Gasteiger partial charge < -0.3 is 14.4 Å². The maximum atomic E-state index is 6.24. The van der Waals surface area contributed by atoms with E-state index in [9.17, 15) is 0 Å². The number of methoxy groups -OCH3 is 1. The van der Waals surface area contributed by atoms with Crippen molar-refractivity contribution in [2.75, 3.05) is 18.6 Å². The molecule has 4 rings (SSSR count). The van der Waals surface area contributed by atoms with E-state index in [-0.39, 0.29) is 0 Å². The van der Waals surface area contributed by atoms with Crippen molar-refractivity contribution in [3.8, 4) is 11.5 Å². The first-order chi connectivity index (χ1) is 15.1. The van der Waals surface area contributed by atoms with Gasteiger partial charge in [0.05, 0.1) is 16.8 Å². The van der Waals surface area contributed by atoms with Gasteiger partial charge in [0.25, 0.3) is 0 Å². The average Bonchev–Trinajstić information content (AvgIpc) is 3.23. The molecule has 0 aliphatic heterocycles. The van der Waals surface area contributed by atoms with Gasteiger partial charge in [0.2, 0.25) is 0 Å². The Morgan fingerprint density at radius 1 is 1.13 bits per heavy atom. The number of halogens is 1. The van der Waals surface area contributed by atoms with Gasteiger partial charge in [-0.2, -0.15) is 0 Å². The molecule has 0 amide bonds. The summed E-state index contributed by atoms with van der Waals surface area (Å²) in [4.78, 5) is 10.9. The van der Waals surface area contributed by atoms with Gasteiger partial charge in [-0.15, -0.1) is 0 Å². The Balaban J connectivity index is 1.52. The van der Waals surface area contributed by atoms with Crippen LogP contribution in [0, 0.1) is 13.8 Å².